The molecule has 1 saturated heterocycles. The number of amides is 1. The third-order valence-corrected chi connectivity index (χ3v) is 4.47. The lowest BCUT2D eigenvalue weighted by Gasteiger charge is -2.30. The SMILES string of the molecule is CC(C)[C@H](NC1CCOCC1)C(=O)Nc1cnc(C2CC2)nc1. The van der Waals surface area contributed by atoms with Crippen LogP contribution in [0.15, 0.2) is 12.4 Å². The molecule has 1 aliphatic carbocycles. The zero-order valence-electron chi connectivity index (χ0n) is 13.9. The fourth-order valence-corrected chi connectivity index (χ4v) is 2.86. The van der Waals surface area contributed by atoms with Gasteiger partial charge in [0.05, 0.1) is 24.1 Å². The molecule has 0 unspecified atom stereocenters. The van der Waals surface area contributed by atoms with E-state index in [0.717, 1.165) is 31.9 Å². The Kier molecular flexibility index (Phi) is 5.23. The van der Waals surface area contributed by atoms with E-state index in [0.29, 0.717) is 17.6 Å². The van der Waals surface area contributed by atoms with Crippen LogP contribution in [0.25, 0.3) is 0 Å². The first-order valence-corrected chi connectivity index (χ1v) is 8.60. The van der Waals surface area contributed by atoms with Gasteiger partial charge in [0.1, 0.15) is 5.82 Å². The third kappa shape index (κ3) is 4.48. The summed E-state index contributed by atoms with van der Waals surface area (Å²) in [6.45, 7) is 5.65. The molecule has 0 spiro atoms. The monoisotopic (exact) mass is 318 g/mol. The highest BCUT2D eigenvalue weighted by Gasteiger charge is 2.28. The largest absolute Gasteiger partial charge is 0.381 e. The topological polar surface area (TPSA) is 76.1 Å². The summed E-state index contributed by atoms with van der Waals surface area (Å²) < 4.78 is 5.38. The van der Waals surface area contributed by atoms with Gasteiger partial charge in [-0.15, -0.1) is 0 Å². The highest BCUT2D eigenvalue weighted by molar-refractivity contribution is 5.94. The van der Waals surface area contributed by atoms with Crippen molar-refractivity contribution in [2.45, 2.75) is 57.5 Å². The molecular formula is C17H26N4O2. The molecule has 6 heteroatoms. The van der Waals surface area contributed by atoms with Crippen molar-refractivity contribution in [3.63, 3.8) is 0 Å². The number of ether oxygens (including phenoxy) is 1. The Morgan fingerprint density at radius 1 is 1.17 bits per heavy atom. The van der Waals surface area contributed by atoms with Gasteiger partial charge in [-0.1, -0.05) is 13.8 Å². The van der Waals surface area contributed by atoms with E-state index in [4.69, 9.17) is 4.74 Å². The lowest BCUT2D eigenvalue weighted by atomic mass is 10.00. The Labute approximate surface area is 137 Å². The third-order valence-electron chi connectivity index (χ3n) is 4.47. The number of aromatic nitrogens is 2. The quantitative estimate of drug-likeness (QED) is 0.840. The van der Waals surface area contributed by atoms with Crippen LogP contribution in [0.4, 0.5) is 5.69 Å². The van der Waals surface area contributed by atoms with E-state index >= 15 is 0 Å². The Hall–Kier alpha value is -1.53. The fraction of sp³-hybridized carbons (Fsp3) is 0.706. The van der Waals surface area contributed by atoms with E-state index in [-0.39, 0.29) is 17.9 Å². The number of carbonyl (C=O) groups is 1. The first-order chi connectivity index (χ1) is 11.1. The summed E-state index contributed by atoms with van der Waals surface area (Å²) >= 11 is 0. The Morgan fingerprint density at radius 2 is 1.83 bits per heavy atom. The minimum atomic E-state index is -0.221. The van der Waals surface area contributed by atoms with Crippen LogP contribution >= 0.6 is 0 Å². The van der Waals surface area contributed by atoms with Crippen molar-refractivity contribution < 1.29 is 9.53 Å². The van der Waals surface area contributed by atoms with E-state index in [2.05, 4.69) is 34.4 Å². The van der Waals surface area contributed by atoms with Crippen LogP contribution in [0.3, 0.4) is 0 Å². The second-order valence-electron chi connectivity index (χ2n) is 6.87. The molecule has 1 amide bonds. The van der Waals surface area contributed by atoms with Crippen LogP contribution < -0.4 is 10.6 Å². The van der Waals surface area contributed by atoms with Gasteiger partial charge in [-0.25, -0.2) is 9.97 Å². The van der Waals surface area contributed by atoms with Crippen molar-refractivity contribution >= 4 is 11.6 Å². The Balaban J connectivity index is 1.58. The predicted molar refractivity (Wildman–Crippen MR) is 88.2 cm³/mol. The molecule has 23 heavy (non-hydrogen) atoms. The van der Waals surface area contributed by atoms with E-state index in [1.54, 1.807) is 12.4 Å². The molecule has 1 aliphatic heterocycles. The maximum atomic E-state index is 12.6. The summed E-state index contributed by atoms with van der Waals surface area (Å²) in [4.78, 5) is 21.3. The van der Waals surface area contributed by atoms with Crippen molar-refractivity contribution in [2.24, 2.45) is 5.92 Å². The van der Waals surface area contributed by atoms with Crippen molar-refractivity contribution in [3.05, 3.63) is 18.2 Å². The number of hydrogen-bond donors (Lipinski definition) is 2. The normalized spacial score (nSPS) is 20.5. The average Bonchev–Trinajstić information content (AvgIpc) is 3.39. The van der Waals surface area contributed by atoms with E-state index in [1.165, 1.54) is 12.8 Å². The van der Waals surface area contributed by atoms with Gasteiger partial charge >= 0.3 is 0 Å². The van der Waals surface area contributed by atoms with Crippen LogP contribution in [0.5, 0.6) is 0 Å². The lowest BCUT2D eigenvalue weighted by molar-refractivity contribution is -0.119. The van der Waals surface area contributed by atoms with E-state index in [1.807, 2.05) is 0 Å². The van der Waals surface area contributed by atoms with Gasteiger partial charge in [0, 0.05) is 25.2 Å². The summed E-state index contributed by atoms with van der Waals surface area (Å²) in [7, 11) is 0. The Morgan fingerprint density at radius 3 is 2.39 bits per heavy atom. The first-order valence-electron chi connectivity index (χ1n) is 8.60. The molecule has 2 heterocycles. The van der Waals surface area contributed by atoms with Gasteiger partial charge in [-0.2, -0.15) is 0 Å². The van der Waals surface area contributed by atoms with Crippen molar-refractivity contribution in [1.29, 1.82) is 0 Å². The zero-order valence-corrected chi connectivity index (χ0v) is 13.9. The molecule has 1 atom stereocenters. The number of anilines is 1. The van der Waals surface area contributed by atoms with Crippen LogP contribution in [0.1, 0.15) is 51.3 Å². The molecule has 0 bridgehead atoms. The van der Waals surface area contributed by atoms with Gasteiger partial charge in [-0.3, -0.25) is 4.79 Å². The van der Waals surface area contributed by atoms with Crippen molar-refractivity contribution in [1.82, 2.24) is 15.3 Å². The molecule has 1 aromatic rings. The molecule has 0 aromatic carbocycles. The maximum absolute atomic E-state index is 12.6. The highest BCUT2D eigenvalue weighted by Crippen LogP contribution is 2.37. The van der Waals surface area contributed by atoms with Gasteiger partial charge < -0.3 is 15.4 Å². The molecule has 1 saturated carbocycles. The molecule has 2 aliphatic rings. The molecule has 126 valence electrons. The summed E-state index contributed by atoms with van der Waals surface area (Å²) in [5, 5.41) is 6.42. The molecule has 2 fully saturated rings. The number of rotatable bonds is 6. The van der Waals surface area contributed by atoms with Crippen molar-refractivity contribution in [2.75, 3.05) is 18.5 Å². The van der Waals surface area contributed by atoms with Crippen molar-refractivity contribution in [3.8, 4) is 0 Å². The molecule has 0 radical (unpaired) electrons. The van der Waals surface area contributed by atoms with Gasteiger partial charge in [0.2, 0.25) is 5.91 Å². The fourth-order valence-electron chi connectivity index (χ4n) is 2.86. The smallest absolute Gasteiger partial charge is 0.241 e. The van der Waals surface area contributed by atoms with Crippen LogP contribution in [-0.2, 0) is 9.53 Å². The predicted octanol–water partition coefficient (Wildman–Crippen LogP) is 2.09. The number of carbonyl (C=O) groups excluding carboxylic acids is 1. The number of nitrogens with zero attached hydrogens (tertiary/aromatic N) is 2. The lowest BCUT2D eigenvalue weighted by Crippen LogP contribution is -2.50. The molecular weight excluding hydrogens is 292 g/mol. The molecule has 6 nitrogen and oxygen atoms in total. The van der Waals surface area contributed by atoms with Gasteiger partial charge in [0.25, 0.3) is 0 Å². The number of nitrogens with one attached hydrogen (secondary N) is 2. The maximum Gasteiger partial charge on any atom is 0.241 e. The summed E-state index contributed by atoms with van der Waals surface area (Å²) in [6, 6.07) is 0.122. The second kappa shape index (κ2) is 7.36. The highest BCUT2D eigenvalue weighted by atomic mass is 16.5. The van der Waals surface area contributed by atoms with Crippen LogP contribution in [-0.4, -0.2) is 41.2 Å². The first kappa shape index (κ1) is 16.3. The summed E-state index contributed by atoms with van der Waals surface area (Å²) in [6.07, 6.45) is 7.69. The van der Waals surface area contributed by atoms with E-state index in [9.17, 15) is 4.79 Å². The minimum absolute atomic E-state index is 0.0192. The molecule has 3 rings (SSSR count). The Bertz CT molecular complexity index is 522. The van der Waals surface area contributed by atoms with E-state index < -0.39 is 0 Å². The summed E-state index contributed by atoms with van der Waals surface area (Å²) in [5.74, 6) is 1.61. The van der Waals surface area contributed by atoms with Crippen LogP contribution in [0, 0.1) is 5.92 Å². The average molecular weight is 318 g/mol. The minimum Gasteiger partial charge on any atom is -0.381 e. The van der Waals surface area contributed by atoms with Crippen LogP contribution in [0.2, 0.25) is 0 Å². The molecule has 1 aromatic heterocycles. The second-order valence-corrected chi connectivity index (χ2v) is 6.87. The number of hydrogen-bond acceptors (Lipinski definition) is 5. The summed E-state index contributed by atoms with van der Waals surface area (Å²) in [5.41, 5.74) is 0.666. The standard InChI is InChI=1S/C17H26N4O2/c1-11(2)15(20-13-5-7-23-8-6-13)17(22)21-14-9-18-16(19-10-14)12-3-4-12/h9-13,15,20H,3-8H2,1-2H3,(H,21,22)/t15-/m0/s1. The molecule has 2 N–H and O–H groups in total. The van der Waals surface area contributed by atoms with Gasteiger partial charge in [0.15, 0.2) is 0 Å². The zero-order chi connectivity index (χ0) is 16.2. The van der Waals surface area contributed by atoms with Gasteiger partial charge in [-0.05, 0) is 31.6 Å².